The molecule has 7 nitrogen and oxygen atoms in total. The van der Waals surface area contributed by atoms with Gasteiger partial charge in [-0.05, 0) is 24.3 Å². The number of carbonyl (C=O) groups excluding carboxylic acids is 2. The van der Waals surface area contributed by atoms with E-state index in [0.29, 0.717) is 17.0 Å². The van der Waals surface area contributed by atoms with E-state index in [-0.39, 0.29) is 32.1 Å². The molecule has 3 rings (SSSR count). The van der Waals surface area contributed by atoms with Gasteiger partial charge in [-0.15, -0.1) is 0 Å². The maximum absolute atomic E-state index is 13.2. The summed E-state index contributed by atoms with van der Waals surface area (Å²) in [4.78, 5) is 31.7. The molecule has 154 valence electrons. The summed E-state index contributed by atoms with van der Waals surface area (Å²) in [5, 5.41) is 0. The number of benzene rings is 1. The highest BCUT2D eigenvalue weighted by molar-refractivity contribution is 5.97. The van der Waals surface area contributed by atoms with E-state index >= 15 is 0 Å². The van der Waals surface area contributed by atoms with E-state index in [2.05, 4.69) is 4.98 Å². The number of methoxy groups -OCH3 is 1. The van der Waals surface area contributed by atoms with Gasteiger partial charge < -0.3 is 20.3 Å². The molecule has 1 aliphatic heterocycles. The molecule has 1 aromatic heterocycles. The molecule has 0 bridgehead atoms. The number of hydrogen-bond donors (Lipinski definition) is 1. The zero-order chi connectivity index (χ0) is 21.2. The lowest BCUT2D eigenvalue weighted by molar-refractivity contribution is -0.138. The summed E-state index contributed by atoms with van der Waals surface area (Å²) in [6, 6.07) is 5.44. The molecule has 0 spiro atoms. The minimum Gasteiger partial charge on any atom is -0.495 e. The molecule has 1 saturated heterocycles. The highest BCUT2D eigenvalue weighted by Gasteiger charge is 2.37. The van der Waals surface area contributed by atoms with E-state index in [4.69, 9.17) is 10.5 Å². The number of alkyl halides is 3. The van der Waals surface area contributed by atoms with Crippen molar-refractivity contribution in [2.45, 2.75) is 6.18 Å². The number of nitrogens with two attached hydrogens (primary N) is 1. The van der Waals surface area contributed by atoms with Gasteiger partial charge in [0.25, 0.3) is 11.8 Å². The fraction of sp³-hybridized carbons (Fsp3) is 0.316. The third-order valence-electron chi connectivity index (χ3n) is 4.69. The smallest absolute Gasteiger partial charge is 0.417 e. The van der Waals surface area contributed by atoms with Crippen LogP contribution in [0.3, 0.4) is 0 Å². The Labute approximate surface area is 164 Å². The molecule has 1 aromatic carbocycles. The molecule has 0 unspecified atom stereocenters. The lowest BCUT2D eigenvalue weighted by Crippen LogP contribution is -2.50. The van der Waals surface area contributed by atoms with Crippen LogP contribution in [0.4, 0.5) is 18.9 Å². The minimum atomic E-state index is -4.65. The average Bonchev–Trinajstić information content (AvgIpc) is 2.72. The number of hydrogen-bond acceptors (Lipinski definition) is 5. The van der Waals surface area contributed by atoms with Crippen LogP contribution in [0, 0.1) is 0 Å². The molecule has 0 atom stereocenters. The number of nitrogens with zero attached hydrogens (tertiary/aromatic N) is 3. The molecule has 1 fully saturated rings. The number of ether oxygens (including phenoxy) is 1. The Bertz CT molecular complexity index is 925. The highest BCUT2D eigenvalue weighted by Crippen LogP contribution is 2.32. The van der Waals surface area contributed by atoms with Crippen molar-refractivity contribution in [3.8, 4) is 5.75 Å². The summed E-state index contributed by atoms with van der Waals surface area (Å²) in [5.74, 6) is -0.652. The van der Waals surface area contributed by atoms with E-state index in [0.717, 1.165) is 18.5 Å². The van der Waals surface area contributed by atoms with Crippen molar-refractivity contribution >= 4 is 17.5 Å². The normalized spacial score (nSPS) is 14.6. The first kappa shape index (κ1) is 20.4. The maximum Gasteiger partial charge on any atom is 0.417 e. The maximum atomic E-state index is 13.2. The molecular formula is C19H19F3N4O3. The first-order chi connectivity index (χ1) is 13.7. The Kier molecular flexibility index (Phi) is 5.62. The SMILES string of the molecule is COc1cc(C(=O)N2CCN(C(=O)c3cnccc3C(F)(F)F)CC2)ccc1N. The van der Waals surface area contributed by atoms with Crippen molar-refractivity contribution in [1.29, 1.82) is 0 Å². The zero-order valence-corrected chi connectivity index (χ0v) is 15.6. The van der Waals surface area contributed by atoms with Crippen molar-refractivity contribution in [3.63, 3.8) is 0 Å². The second-order valence-electron chi connectivity index (χ2n) is 6.46. The van der Waals surface area contributed by atoms with Gasteiger partial charge in [-0.25, -0.2) is 0 Å². The predicted octanol–water partition coefficient (Wildman–Crippen LogP) is 2.29. The molecule has 2 N–H and O–H groups in total. The Hall–Kier alpha value is -3.30. The molecule has 2 aromatic rings. The molecule has 2 amide bonds. The number of piperazine rings is 1. The summed E-state index contributed by atoms with van der Waals surface area (Å²) < 4.78 is 44.6. The molecule has 1 aliphatic rings. The molecule has 2 heterocycles. The van der Waals surface area contributed by atoms with Gasteiger partial charge in [-0.1, -0.05) is 0 Å². The van der Waals surface area contributed by atoms with Gasteiger partial charge in [0.05, 0.1) is 23.9 Å². The van der Waals surface area contributed by atoms with Crippen LogP contribution < -0.4 is 10.5 Å². The number of halogens is 3. The van der Waals surface area contributed by atoms with Crippen LogP contribution in [-0.4, -0.2) is 59.9 Å². The van der Waals surface area contributed by atoms with Crippen molar-refractivity contribution in [3.05, 3.63) is 53.3 Å². The number of rotatable bonds is 3. The van der Waals surface area contributed by atoms with Crippen LogP contribution in [0.2, 0.25) is 0 Å². The first-order valence-corrected chi connectivity index (χ1v) is 8.75. The number of carbonyl (C=O) groups is 2. The number of amides is 2. The first-order valence-electron chi connectivity index (χ1n) is 8.75. The third kappa shape index (κ3) is 4.25. The summed E-state index contributed by atoms with van der Waals surface area (Å²) in [6.07, 6.45) is -2.74. The van der Waals surface area contributed by atoms with Gasteiger partial charge in [0.2, 0.25) is 0 Å². The molecule has 0 saturated carbocycles. The Balaban J connectivity index is 1.70. The molecule has 0 radical (unpaired) electrons. The molecule has 29 heavy (non-hydrogen) atoms. The van der Waals surface area contributed by atoms with Crippen LogP contribution >= 0.6 is 0 Å². The standard InChI is InChI=1S/C19H19F3N4O3/c1-29-16-10-12(2-3-15(16)23)17(27)25-6-8-26(9-7-25)18(28)13-11-24-5-4-14(13)19(20,21)22/h2-5,10-11H,6-9,23H2,1H3. The van der Waals surface area contributed by atoms with Crippen molar-refractivity contribution in [2.75, 3.05) is 39.0 Å². The largest absolute Gasteiger partial charge is 0.495 e. The third-order valence-corrected chi connectivity index (χ3v) is 4.69. The Morgan fingerprint density at radius 1 is 1.07 bits per heavy atom. The highest BCUT2D eigenvalue weighted by atomic mass is 19.4. The second-order valence-corrected chi connectivity index (χ2v) is 6.46. The zero-order valence-electron chi connectivity index (χ0n) is 15.6. The van der Waals surface area contributed by atoms with Crippen LogP contribution in [0.5, 0.6) is 5.75 Å². The Morgan fingerprint density at radius 3 is 2.28 bits per heavy atom. The predicted molar refractivity (Wildman–Crippen MR) is 98.5 cm³/mol. The lowest BCUT2D eigenvalue weighted by atomic mass is 10.1. The number of anilines is 1. The van der Waals surface area contributed by atoms with Crippen molar-refractivity contribution < 1.29 is 27.5 Å². The average molecular weight is 408 g/mol. The number of nitrogen functional groups attached to an aromatic ring is 1. The van der Waals surface area contributed by atoms with Gasteiger partial charge in [-0.2, -0.15) is 13.2 Å². The van der Waals surface area contributed by atoms with Crippen LogP contribution in [0.15, 0.2) is 36.7 Å². The van der Waals surface area contributed by atoms with Crippen molar-refractivity contribution in [1.82, 2.24) is 14.8 Å². The van der Waals surface area contributed by atoms with Crippen LogP contribution in [0.1, 0.15) is 26.3 Å². The van der Waals surface area contributed by atoms with E-state index < -0.39 is 23.2 Å². The van der Waals surface area contributed by atoms with E-state index in [1.165, 1.54) is 23.0 Å². The van der Waals surface area contributed by atoms with Crippen molar-refractivity contribution in [2.24, 2.45) is 0 Å². The number of pyridine rings is 1. The summed E-state index contributed by atoms with van der Waals surface area (Å²) in [5.41, 5.74) is 5.01. The summed E-state index contributed by atoms with van der Waals surface area (Å²) in [6.45, 7) is 0.615. The number of aromatic nitrogens is 1. The summed E-state index contributed by atoms with van der Waals surface area (Å²) in [7, 11) is 1.44. The summed E-state index contributed by atoms with van der Waals surface area (Å²) >= 11 is 0. The fourth-order valence-electron chi connectivity index (χ4n) is 3.12. The lowest BCUT2D eigenvalue weighted by Gasteiger charge is -2.35. The quantitative estimate of drug-likeness (QED) is 0.788. The van der Waals surface area contributed by atoms with Crippen LogP contribution in [0.25, 0.3) is 0 Å². The van der Waals surface area contributed by atoms with Gasteiger partial charge in [0.1, 0.15) is 5.75 Å². The fourth-order valence-corrected chi connectivity index (χ4v) is 3.12. The van der Waals surface area contributed by atoms with E-state index in [1.807, 2.05) is 0 Å². The van der Waals surface area contributed by atoms with Gasteiger partial charge in [-0.3, -0.25) is 14.6 Å². The van der Waals surface area contributed by atoms with Gasteiger partial charge in [0, 0.05) is 44.1 Å². The second kappa shape index (κ2) is 7.98. The van der Waals surface area contributed by atoms with Crippen LogP contribution in [-0.2, 0) is 6.18 Å². The van der Waals surface area contributed by atoms with E-state index in [9.17, 15) is 22.8 Å². The molecular weight excluding hydrogens is 389 g/mol. The van der Waals surface area contributed by atoms with Gasteiger partial charge in [0.15, 0.2) is 0 Å². The topological polar surface area (TPSA) is 88.8 Å². The molecule has 10 heteroatoms. The minimum absolute atomic E-state index is 0.114. The monoisotopic (exact) mass is 408 g/mol. The molecule has 0 aliphatic carbocycles. The Morgan fingerprint density at radius 2 is 1.69 bits per heavy atom. The van der Waals surface area contributed by atoms with E-state index in [1.54, 1.807) is 12.1 Å². The van der Waals surface area contributed by atoms with Gasteiger partial charge >= 0.3 is 6.18 Å².